The molecule has 0 amide bonds. The van der Waals surface area contributed by atoms with Crippen molar-refractivity contribution in [3.05, 3.63) is 34.7 Å². The number of aromatic nitrogens is 1. The van der Waals surface area contributed by atoms with E-state index in [1.165, 1.54) is 25.7 Å². The van der Waals surface area contributed by atoms with Crippen molar-refractivity contribution < 1.29 is 0 Å². The molecule has 2 rings (SSSR count). The number of hydrogen-bond acceptors (Lipinski definition) is 1. The predicted octanol–water partition coefficient (Wildman–Crippen LogP) is 2.04. The van der Waals surface area contributed by atoms with Crippen LogP contribution in [-0.4, -0.2) is 4.57 Å². The van der Waals surface area contributed by atoms with Crippen LogP contribution in [0.1, 0.15) is 25.7 Å². The topological polar surface area (TPSA) is 22.0 Å². The molecule has 0 atom stereocenters. The van der Waals surface area contributed by atoms with Crippen molar-refractivity contribution in [2.75, 3.05) is 0 Å². The largest absolute Gasteiger partial charge is 0.315 e. The Morgan fingerprint density at radius 2 is 2.08 bits per heavy atom. The molecule has 13 heavy (non-hydrogen) atoms. The second-order valence-electron chi connectivity index (χ2n) is 3.84. The zero-order chi connectivity index (χ0) is 9.10. The van der Waals surface area contributed by atoms with Crippen LogP contribution in [0.3, 0.4) is 0 Å². The Bertz CT molecular complexity index is 323. The SMILES string of the molecule is O=c1ccccn1CC1CCCC1. The van der Waals surface area contributed by atoms with Gasteiger partial charge in [0, 0.05) is 18.8 Å². The van der Waals surface area contributed by atoms with Gasteiger partial charge in [-0.25, -0.2) is 0 Å². The lowest BCUT2D eigenvalue weighted by Crippen LogP contribution is -2.21. The third-order valence-electron chi connectivity index (χ3n) is 2.83. The summed E-state index contributed by atoms with van der Waals surface area (Å²) >= 11 is 0. The van der Waals surface area contributed by atoms with E-state index in [0.717, 1.165) is 12.5 Å². The van der Waals surface area contributed by atoms with Gasteiger partial charge in [0.1, 0.15) is 0 Å². The van der Waals surface area contributed by atoms with E-state index >= 15 is 0 Å². The predicted molar refractivity (Wildman–Crippen MR) is 52.7 cm³/mol. The summed E-state index contributed by atoms with van der Waals surface area (Å²) in [7, 11) is 0. The van der Waals surface area contributed by atoms with E-state index < -0.39 is 0 Å². The van der Waals surface area contributed by atoms with Gasteiger partial charge in [0.15, 0.2) is 0 Å². The van der Waals surface area contributed by atoms with Crippen LogP contribution in [-0.2, 0) is 6.54 Å². The Kier molecular flexibility index (Phi) is 2.48. The van der Waals surface area contributed by atoms with Crippen LogP contribution in [0.5, 0.6) is 0 Å². The van der Waals surface area contributed by atoms with Crippen LogP contribution in [0.15, 0.2) is 29.2 Å². The Morgan fingerprint density at radius 1 is 1.31 bits per heavy atom. The molecule has 0 aliphatic heterocycles. The van der Waals surface area contributed by atoms with Gasteiger partial charge >= 0.3 is 0 Å². The van der Waals surface area contributed by atoms with Crippen molar-refractivity contribution in [3.63, 3.8) is 0 Å². The average Bonchev–Trinajstić information content (AvgIpc) is 2.61. The van der Waals surface area contributed by atoms with Crippen LogP contribution in [0.25, 0.3) is 0 Å². The maximum Gasteiger partial charge on any atom is 0.250 e. The van der Waals surface area contributed by atoms with Gasteiger partial charge < -0.3 is 4.57 Å². The fourth-order valence-corrected chi connectivity index (χ4v) is 2.08. The number of rotatable bonds is 2. The highest BCUT2D eigenvalue weighted by Crippen LogP contribution is 2.25. The van der Waals surface area contributed by atoms with Gasteiger partial charge in [-0.3, -0.25) is 4.79 Å². The molecule has 1 aromatic heterocycles. The molecule has 1 heterocycles. The first-order chi connectivity index (χ1) is 6.36. The molecule has 2 nitrogen and oxygen atoms in total. The van der Waals surface area contributed by atoms with Gasteiger partial charge in [0.2, 0.25) is 0 Å². The lowest BCUT2D eigenvalue weighted by atomic mass is 10.1. The van der Waals surface area contributed by atoms with E-state index in [4.69, 9.17) is 0 Å². The molecule has 0 N–H and O–H groups in total. The Labute approximate surface area is 78.2 Å². The molecule has 2 heteroatoms. The summed E-state index contributed by atoms with van der Waals surface area (Å²) in [6, 6.07) is 5.36. The second kappa shape index (κ2) is 3.77. The summed E-state index contributed by atoms with van der Waals surface area (Å²) in [6.45, 7) is 0.916. The Balaban J connectivity index is 2.08. The number of hydrogen-bond donors (Lipinski definition) is 0. The summed E-state index contributed by atoms with van der Waals surface area (Å²) in [5, 5.41) is 0. The van der Waals surface area contributed by atoms with E-state index in [0.29, 0.717) is 0 Å². The molecule has 0 aromatic carbocycles. The van der Waals surface area contributed by atoms with Crippen LogP contribution in [0.4, 0.5) is 0 Å². The highest BCUT2D eigenvalue weighted by atomic mass is 16.1. The van der Waals surface area contributed by atoms with Gasteiger partial charge in [-0.15, -0.1) is 0 Å². The van der Waals surface area contributed by atoms with Gasteiger partial charge in [-0.2, -0.15) is 0 Å². The van der Waals surface area contributed by atoms with Gasteiger partial charge in [0.25, 0.3) is 5.56 Å². The third kappa shape index (κ3) is 2.00. The van der Waals surface area contributed by atoms with Crippen LogP contribution in [0.2, 0.25) is 0 Å². The van der Waals surface area contributed by atoms with Crippen LogP contribution < -0.4 is 5.56 Å². The van der Waals surface area contributed by atoms with Crippen molar-refractivity contribution in [2.45, 2.75) is 32.2 Å². The summed E-state index contributed by atoms with van der Waals surface area (Å²) in [6.07, 6.45) is 7.15. The highest BCUT2D eigenvalue weighted by molar-refractivity contribution is 4.93. The Morgan fingerprint density at radius 3 is 2.77 bits per heavy atom. The van der Waals surface area contributed by atoms with E-state index in [1.807, 2.05) is 16.8 Å². The molecule has 1 aromatic rings. The average molecular weight is 177 g/mol. The van der Waals surface area contributed by atoms with E-state index in [9.17, 15) is 4.79 Å². The van der Waals surface area contributed by atoms with Gasteiger partial charge in [-0.1, -0.05) is 18.9 Å². The molecule has 0 unspecified atom stereocenters. The smallest absolute Gasteiger partial charge is 0.250 e. The second-order valence-corrected chi connectivity index (χ2v) is 3.84. The van der Waals surface area contributed by atoms with Crippen LogP contribution in [0, 0.1) is 5.92 Å². The van der Waals surface area contributed by atoms with Crippen LogP contribution >= 0.6 is 0 Å². The van der Waals surface area contributed by atoms with E-state index in [-0.39, 0.29) is 5.56 Å². The minimum absolute atomic E-state index is 0.134. The molecular weight excluding hydrogens is 162 g/mol. The van der Waals surface area contributed by atoms with Crippen molar-refractivity contribution >= 4 is 0 Å². The first-order valence-electron chi connectivity index (χ1n) is 5.02. The minimum atomic E-state index is 0.134. The fraction of sp³-hybridized carbons (Fsp3) is 0.545. The number of nitrogens with zero attached hydrogens (tertiary/aromatic N) is 1. The van der Waals surface area contributed by atoms with E-state index in [2.05, 4.69) is 0 Å². The first kappa shape index (κ1) is 8.54. The maximum absolute atomic E-state index is 11.4. The lowest BCUT2D eigenvalue weighted by molar-refractivity contribution is 0.449. The Hall–Kier alpha value is -1.05. The molecule has 1 saturated carbocycles. The summed E-state index contributed by atoms with van der Waals surface area (Å²) < 4.78 is 1.83. The van der Waals surface area contributed by atoms with Crippen molar-refractivity contribution in [1.82, 2.24) is 4.57 Å². The first-order valence-corrected chi connectivity index (χ1v) is 5.02. The molecule has 1 aliphatic carbocycles. The quantitative estimate of drug-likeness (QED) is 0.677. The molecular formula is C11H15NO. The minimum Gasteiger partial charge on any atom is -0.315 e. The molecule has 0 saturated heterocycles. The molecule has 0 bridgehead atoms. The zero-order valence-electron chi connectivity index (χ0n) is 7.78. The van der Waals surface area contributed by atoms with Gasteiger partial charge in [-0.05, 0) is 24.8 Å². The number of pyridine rings is 1. The van der Waals surface area contributed by atoms with Gasteiger partial charge in [0.05, 0.1) is 0 Å². The molecule has 0 spiro atoms. The summed E-state index contributed by atoms with van der Waals surface area (Å²) in [4.78, 5) is 11.4. The highest BCUT2D eigenvalue weighted by Gasteiger charge is 2.15. The zero-order valence-corrected chi connectivity index (χ0v) is 7.78. The summed E-state index contributed by atoms with van der Waals surface area (Å²) in [5.74, 6) is 0.736. The monoisotopic (exact) mass is 177 g/mol. The maximum atomic E-state index is 11.4. The van der Waals surface area contributed by atoms with Crippen molar-refractivity contribution in [1.29, 1.82) is 0 Å². The fourth-order valence-electron chi connectivity index (χ4n) is 2.08. The third-order valence-corrected chi connectivity index (χ3v) is 2.83. The molecule has 1 fully saturated rings. The van der Waals surface area contributed by atoms with E-state index in [1.54, 1.807) is 12.1 Å². The summed E-state index contributed by atoms with van der Waals surface area (Å²) in [5.41, 5.74) is 0.134. The van der Waals surface area contributed by atoms with Crippen molar-refractivity contribution in [2.24, 2.45) is 5.92 Å². The molecule has 1 aliphatic rings. The standard InChI is InChI=1S/C11H15NO/c13-11-7-3-4-8-12(11)9-10-5-1-2-6-10/h3-4,7-8,10H,1-2,5-6,9H2. The molecule has 70 valence electrons. The molecule has 0 radical (unpaired) electrons. The van der Waals surface area contributed by atoms with Crippen molar-refractivity contribution in [3.8, 4) is 0 Å². The lowest BCUT2D eigenvalue weighted by Gasteiger charge is -2.10. The normalized spacial score (nSPS) is 17.8.